The van der Waals surface area contributed by atoms with E-state index in [9.17, 15) is 0 Å². The van der Waals surface area contributed by atoms with Gasteiger partial charge in [-0.1, -0.05) is 18.2 Å². The SMILES string of the molecule is CN(CCOc1ccc(CC2CNCS2)cc1)c1ccccn1. The van der Waals surface area contributed by atoms with Crippen LogP contribution < -0.4 is 15.0 Å². The summed E-state index contributed by atoms with van der Waals surface area (Å²) in [6.07, 6.45) is 2.93. The van der Waals surface area contributed by atoms with Crippen molar-refractivity contribution < 1.29 is 4.74 Å². The first-order chi connectivity index (χ1) is 11.3. The van der Waals surface area contributed by atoms with Crippen LogP contribution in [0.4, 0.5) is 5.82 Å². The van der Waals surface area contributed by atoms with Crippen molar-refractivity contribution in [2.45, 2.75) is 11.7 Å². The van der Waals surface area contributed by atoms with Crippen LogP contribution in [0.5, 0.6) is 5.75 Å². The molecule has 1 aliphatic heterocycles. The Hall–Kier alpha value is -1.72. The smallest absolute Gasteiger partial charge is 0.128 e. The number of likely N-dealkylation sites (N-methyl/N-ethyl adjacent to an activating group) is 1. The van der Waals surface area contributed by atoms with E-state index in [1.54, 1.807) is 0 Å². The molecule has 1 aromatic carbocycles. The van der Waals surface area contributed by atoms with Crippen molar-refractivity contribution in [2.24, 2.45) is 0 Å². The molecule has 1 N–H and O–H groups in total. The first-order valence-corrected chi connectivity index (χ1v) is 9.02. The summed E-state index contributed by atoms with van der Waals surface area (Å²) in [4.78, 5) is 6.42. The fraction of sp³-hybridized carbons (Fsp3) is 0.389. The van der Waals surface area contributed by atoms with Gasteiger partial charge in [0.2, 0.25) is 0 Å². The first-order valence-electron chi connectivity index (χ1n) is 7.97. The minimum Gasteiger partial charge on any atom is -0.492 e. The molecule has 1 fully saturated rings. The van der Waals surface area contributed by atoms with E-state index < -0.39 is 0 Å². The summed E-state index contributed by atoms with van der Waals surface area (Å²) < 4.78 is 5.84. The number of ether oxygens (including phenoxy) is 1. The van der Waals surface area contributed by atoms with Crippen molar-refractivity contribution in [3.05, 3.63) is 54.2 Å². The van der Waals surface area contributed by atoms with Gasteiger partial charge >= 0.3 is 0 Å². The molecule has 0 saturated carbocycles. The van der Waals surface area contributed by atoms with E-state index in [1.807, 2.05) is 43.2 Å². The molecule has 0 bridgehead atoms. The Labute approximate surface area is 142 Å². The molecule has 23 heavy (non-hydrogen) atoms. The van der Waals surface area contributed by atoms with E-state index in [-0.39, 0.29) is 0 Å². The highest BCUT2D eigenvalue weighted by Crippen LogP contribution is 2.21. The number of nitrogens with zero attached hydrogens (tertiary/aromatic N) is 2. The van der Waals surface area contributed by atoms with Gasteiger partial charge in [-0.15, -0.1) is 11.8 Å². The quantitative estimate of drug-likeness (QED) is 0.845. The minimum atomic E-state index is 0.648. The van der Waals surface area contributed by atoms with Gasteiger partial charge in [-0.2, -0.15) is 0 Å². The van der Waals surface area contributed by atoms with Gasteiger partial charge in [-0.05, 0) is 36.2 Å². The van der Waals surface area contributed by atoms with E-state index in [4.69, 9.17) is 4.74 Å². The molecule has 4 nitrogen and oxygen atoms in total. The van der Waals surface area contributed by atoms with Gasteiger partial charge in [0.15, 0.2) is 0 Å². The standard InChI is InChI=1S/C18H23N3OS/c1-21(18-4-2-3-9-20-18)10-11-22-16-7-5-15(6-8-16)12-17-13-19-14-23-17/h2-9,17,19H,10-14H2,1H3. The van der Waals surface area contributed by atoms with Crippen LogP contribution in [-0.4, -0.2) is 42.9 Å². The Morgan fingerprint density at radius 2 is 2.13 bits per heavy atom. The van der Waals surface area contributed by atoms with Crippen molar-refractivity contribution in [2.75, 3.05) is 37.5 Å². The number of hydrogen-bond donors (Lipinski definition) is 1. The predicted molar refractivity (Wildman–Crippen MR) is 97.4 cm³/mol. The van der Waals surface area contributed by atoms with E-state index >= 15 is 0 Å². The molecular weight excluding hydrogens is 306 g/mol. The molecule has 5 heteroatoms. The van der Waals surface area contributed by atoms with Crippen molar-refractivity contribution in [1.82, 2.24) is 10.3 Å². The first kappa shape index (κ1) is 16.1. The lowest BCUT2D eigenvalue weighted by Crippen LogP contribution is -2.24. The van der Waals surface area contributed by atoms with Gasteiger partial charge in [0.05, 0.1) is 6.54 Å². The summed E-state index contributed by atoms with van der Waals surface area (Å²) in [6.45, 7) is 2.57. The van der Waals surface area contributed by atoms with Gasteiger partial charge in [0, 0.05) is 30.9 Å². The molecule has 1 atom stereocenters. The molecule has 3 rings (SSSR count). The molecule has 1 saturated heterocycles. The van der Waals surface area contributed by atoms with E-state index in [0.29, 0.717) is 11.9 Å². The maximum Gasteiger partial charge on any atom is 0.128 e. The Balaban J connectivity index is 1.43. The summed E-state index contributed by atoms with van der Waals surface area (Å²) in [5, 5.41) is 4.09. The second-order valence-corrected chi connectivity index (χ2v) is 6.98. The van der Waals surface area contributed by atoms with E-state index in [2.05, 4.69) is 39.5 Å². The average Bonchev–Trinajstić information content (AvgIpc) is 3.10. The number of hydrogen-bond acceptors (Lipinski definition) is 5. The number of aromatic nitrogens is 1. The Morgan fingerprint density at radius 1 is 1.26 bits per heavy atom. The highest BCUT2D eigenvalue weighted by Gasteiger charge is 2.15. The maximum absolute atomic E-state index is 5.84. The summed E-state index contributed by atoms with van der Waals surface area (Å²) in [5.74, 6) is 2.98. The van der Waals surface area contributed by atoms with Gasteiger partial charge in [0.1, 0.15) is 18.2 Å². The fourth-order valence-corrected chi connectivity index (χ4v) is 3.58. The third kappa shape index (κ3) is 4.88. The zero-order valence-electron chi connectivity index (χ0n) is 13.4. The lowest BCUT2D eigenvalue weighted by atomic mass is 10.1. The molecule has 1 aliphatic rings. The molecule has 0 radical (unpaired) electrons. The van der Waals surface area contributed by atoms with Crippen molar-refractivity contribution in [3.8, 4) is 5.75 Å². The molecule has 122 valence electrons. The molecule has 1 unspecified atom stereocenters. The third-order valence-corrected chi connectivity index (χ3v) is 5.09. The molecule has 0 aliphatic carbocycles. The number of thioether (sulfide) groups is 1. The largest absolute Gasteiger partial charge is 0.492 e. The molecule has 1 aromatic heterocycles. The highest BCUT2D eigenvalue weighted by molar-refractivity contribution is 8.00. The minimum absolute atomic E-state index is 0.648. The van der Waals surface area contributed by atoms with Crippen LogP contribution >= 0.6 is 11.8 Å². The van der Waals surface area contributed by atoms with Crippen molar-refractivity contribution in [1.29, 1.82) is 0 Å². The monoisotopic (exact) mass is 329 g/mol. The average molecular weight is 329 g/mol. The molecule has 2 heterocycles. The number of benzene rings is 1. The third-order valence-electron chi connectivity index (χ3n) is 3.92. The summed E-state index contributed by atoms with van der Waals surface area (Å²) >= 11 is 2.00. The summed E-state index contributed by atoms with van der Waals surface area (Å²) in [6, 6.07) is 14.4. The van der Waals surface area contributed by atoms with Gasteiger partial charge in [-0.25, -0.2) is 4.98 Å². The Morgan fingerprint density at radius 3 is 2.83 bits per heavy atom. The van der Waals surface area contributed by atoms with Gasteiger partial charge in [0.25, 0.3) is 0 Å². The second-order valence-electron chi connectivity index (χ2n) is 5.69. The number of anilines is 1. The second kappa shape index (κ2) is 8.22. The normalized spacial score (nSPS) is 17.2. The van der Waals surface area contributed by atoms with Crippen molar-refractivity contribution in [3.63, 3.8) is 0 Å². The molecule has 2 aromatic rings. The molecular formula is C18H23N3OS. The zero-order valence-corrected chi connectivity index (χ0v) is 14.3. The van der Waals surface area contributed by atoms with Crippen molar-refractivity contribution >= 4 is 17.6 Å². The van der Waals surface area contributed by atoms with Crippen LogP contribution in [0, 0.1) is 0 Å². The number of nitrogens with one attached hydrogen (secondary N) is 1. The van der Waals surface area contributed by atoms with Crippen LogP contribution in [0.15, 0.2) is 48.7 Å². The van der Waals surface area contributed by atoms with Gasteiger partial charge < -0.3 is 15.0 Å². The maximum atomic E-state index is 5.84. The van der Waals surface area contributed by atoms with Gasteiger partial charge in [-0.3, -0.25) is 0 Å². The van der Waals surface area contributed by atoms with Crippen LogP contribution in [0.1, 0.15) is 5.56 Å². The lowest BCUT2D eigenvalue weighted by Gasteiger charge is -2.18. The van der Waals surface area contributed by atoms with Crippen LogP contribution in [0.3, 0.4) is 0 Å². The number of rotatable bonds is 7. The fourth-order valence-electron chi connectivity index (χ4n) is 2.57. The van der Waals surface area contributed by atoms with Crippen LogP contribution in [-0.2, 0) is 6.42 Å². The summed E-state index contributed by atoms with van der Waals surface area (Å²) in [5.41, 5.74) is 1.38. The topological polar surface area (TPSA) is 37.4 Å². The zero-order chi connectivity index (χ0) is 15.9. The van der Waals surface area contributed by atoms with Crippen LogP contribution in [0.25, 0.3) is 0 Å². The Kier molecular flexibility index (Phi) is 5.77. The number of pyridine rings is 1. The van der Waals surface area contributed by atoms with E-state index in [0.717, 1.165) is 37.0 Å². The summed E-state index contributed by atoms with van der Waals surface area (Å²) in [7, 11) is 2.03. The molecule has 0 amide bonds. The predicted octanol–water partition coefficient (Wildman–Crippen LogP) is 2.80. The van der Waals surface area contributed by atoms with E-state index in [1.165, 1.54) is 5.56 Å². The van der Waals surface area contributed by atoms with Crippen LogP contribution in [0.2, 0.25) is 0 Å². The molecule has 0 spiro atoms. The Bertz CT molecular complexity index is 585. The lowest BCUT2D eigenvalue weighted by molar-refractivity contribution is 0.325. The highest BCUT2D eigenvalue weighted by atomic mass is 32.2.